The molecule has 0 N–H and O–H groups in total. The molecule has 50 heavy (non-hydrogen) atoms. The molecule has 252 valence electrons. The minimum absolute atomic E-state index is 0.142. The van der Waals surface area contributed by atoms with Crippen molar-refractivity contribution in [1.82, 2.24) is 9.13 Å². The number of esters is 1. The number of fused-ring (bicyclic) bond motifs is 2. The number of hydrogen-bond acceptors (Lipinski definition) is 7. The summed E-state index contributed by atoms with van der Waals surface area (Å²) in [5.74, 6) is 0.440. The number of halogens is 2. The summed E-state index contributed by atoms with van der Waals surface area (Å²) in [6.07, 6.45) is 3.90. The Kier molecular flexibility index (Phi) is 9.38. The van der Waals surface area contributed by atoms with Gasteiger partial charge in [0, 0.05) is 40.3 Å². The molecule has 0 bridgehead atoms. The summed E-state index contributed by atoms with van der Waals surface area (Å²) in [7, 11) is 3.11. The molecule has 4 aromatic carbocycles. The Morgan fingerprint density at radius 1 is 0.940 bits per heavy atom. The lowest BCUT2D eigenvalue weighted by Crippen LogP contribution is -2.40. The normalized spacial score (nSPS) is 14.4. The number of ether oxygens (including phenoxy) is 3. The maximum atomic E-state index is 14.6. The second kappa shape index (κ2) is 14.0. The van der Waals surface area contributed by atoms with E-state index in [-0.39, 0.29) is 17.7 Å². The van der Waals surface area contributed by atoms with Crippen LogP contribution in [0.1, 0.15) is 35.2 Å². The van der Waals surface area contributed by atoms with Crippen LogP contribution >= 0.6 is 34.5 Å². The first kappa shape index (κ1) is 33.4. The van der Waals surface area contributed by atoms with Gasteiger partial charge in [0.1, 0.15) is 17.5 Å². The van der Waals surface area contributed by atoms with E-state index in [2.05, 4.69) is 4.57 Å². The lowest BCUT2D eigenvalue weighted by molar-refractivity contribution is -0.138. The zero-order chi connectivity index (χ0) is 34.9. The van der Waals surface area contributed by atoms with E-state index in [1.807, 2.05) is 79.0 Å². The topological polar surface area (TPSA) is 84.1 Å². The van der Waals surface area contributed by atoms with Crippen molar-refractivity contribution in [3.63, 3.8) is 0 Å². The first-order valence-corrected chi connectivity index (χ1v) is 17.4. The highest BCUT2D eigenvalue weighted by Crippen LogP contribution is 2.40. The first-order valence-electron chi connectivity index (χ1n) is 15.8. The molecule has 2 aromatic heterocycles. The average molecular weight is 725 g/mol. The van der Waals surface area contributed by atoms with Gasteiger partial charge in [0.05, 0.1) is 46.7 Å². The fourth-order valence-corrected chi connectivity index (χ4v) is 7.60. The Hall–Kier alpha value is -5.09. The predicted octanol–water partition coefficient (Wildman–Crippen LogP) is 7.26. The van der Waals surface area contributed by atoms with E-state index in [9.17, 15) is 9.59 Å². The summed E-state index contributed by atoms with van der Waals surface area (Å²) in [5.41, 5.74) is 4.44. The fraction of sp³-hybridized carbons (Fsp3) is 0.154. The highest BCUT2D eigenvalue weighted by atomic mass is 35.5. The van der Waals surface area contributed by atoms with Crippen molar-refractivity contribution in [3.05, 3.63) is 155 Å². The number of aromatic nitrogens is 2. The molecule has 1 atom stereocenters. The van der Waals surface area contributed by atoms with Gasteiger partial charge >= 0.3 is 5.97 Å². The lowest BCUT2D eigenvalue weighted by Gasteiger charge is -2.27. The zero-order valence-electron chi connectivity index (χ0n) is 27.4. The monoisotopic (exact) mass is 723 g/mol. The molecule has 0 spiro atoms. The Balaban J connectivity index is 1.47. The van der Waals surface area contributed by atoms with Crippen LogP contribution in [-0.4, -0.2) is 35.9 Å². The molecule has 0 radical (unpaired) electrons. The van der Waals surface area contributed by atoms with Gasteiger partial charge in [0.15, 0.2) is 4.80 Å². The molecule has 1 aliphatic heterocycles. The van der Waals surface area contributed by atoms with Gasteiger partial charge in [0.2, 0.25) is 0 Å². The molecule has 6 aromatic rings. The van der Waals surface area contributed by atoms with Gasteiger partial charge in [-0.1, -0.05) is 89.1 Å². The van der Waals surface area contributed by atoms with E-state index in [0.717, 1.165) is 22.0 Å². The standard InChI is InChI=1S/C39H31Cl2N3O5S/c1-4-49-38(46)34-35(24-10-6-5-7-11-24)42-39-44(36(34)28-20-26(47-2)15-17-32(28)48-3)37(45)33(50-39)19-25-22-43(31-13-9-8-12-27(25)31)21-23-14-16-29(40)30(41)18-23/h5-20,22,36H,4,21H2,1-3H3. The van der Waals surface area contributed by atoms with Crippen LogP contribution < -0.4 is 24.4 Å². The van der Waals surface area contributed by atoms with Crippen molar-refractivity contribution in [2.45, 2.75) is 19.5 Å². The minimum Gasteiger partial charge on any atom is -0.497 e. The Morgan fingerprint density at radius 3 is 2.46 bits per heavy atom. The molecule has 3 heterocycles. The van der Waals surface area contributed by atoms with E-state index < -0.39 is 12.0 Å². The van der Waals surface area contributed by atoms with Crippen molar-refractivity contribution >= 4 is 63.2 Å². The number of nitrogens with zero attached hydrogens (tertiary/aromatic N) is 3. The highest BCUT2D eigenvalue weighted by molar-refractivity contribution is 7.07. The van der Waals surface area contributed by atoms with E-state index in [4.69, 9.17) is 42.4 Å². The molecule has 0 fully saturated rings. The number of thiazole rings is 1. The Morgan fingerprint density at radius 2 is 1.72 bits per heavy atom. The van der Waals surface area contributed by atoms with Crippen molar-refractivity contribution in [1.29, 1.82) is 0 Å². The van der Waals surface area contributed by atoms with Gasteiger partial charge < -0.3 is 18.8 Å². The molecular weight excluding hydrogens is 693 g/mol. The van der Waals surface area contributed by atoms with Gasteiger partial charge in [-0.25, -0.2) is 9.79 Å². The summed E-state index contributed by atoms with van der Waals surface area (Å²) in [5, 5.41) is 1.96. The van der Waals surface area contributed by atoms with Gasteiger partial charge in [0.25, 0.3) is 5.56 Å². The molecule has 1 unspecified atom stereocenters. The van der Waals surface area contributed by atoms with Crippen molar-refractivity contribution in [2.75, 3.05) is 20.8 Å². The quantitative estimate of drug-likeness (QED) is 0.147. The molecular formula is C39H31Cl2N3O5S. The lowest BCUT2D eigenvalue weighted by atomic mass is 9.92. The zero-order valence-corrected chi connectivity index (χ0v) is 29.7. The molecule has 0 saturated heterocycles. The molecule has 7 rings (SSSR count). The van der Waals surface area contributed by atoms with Crippen LogP contribution in [-0.2, 0) is 16.1 Å². The van der Waals surface area contributed by atoms with E-state index in [1.165, 1.54) is 11.3 Å². The van der Waals surface area contributed by atoms with E-state index in [0.29, 0.717) is 54.2 Å². The molecule has 0 saturated carbocycles. The van der Waals surface area contributed by atoms with E-state index >= 15 is 0 Å². The minimum atomic E-state index is -0.927. The second-order valence-electron chi connectivity index (χ2n) is 11.5. The van der Waals surface area contributed by atoms with Crippen LogP contribution in [0.25, 0.3) is 22.7 Å². The number of methoxy groups -OCH3 is 2. The van der Waals surface area contributed by atoms with Crippen molar-refractivity contribution in [3.8, 4) is 11.5 Å². The summed E-state index contributed by atoms with van der Waals surface area (Å²) < 4.78 is 21.1. The van der Waals surface area contributed by atoms with Crippen LogP contribution in [0.5, 0.6) is 11.5 Å². The summed E-state index contributed by atoms with van der Waals surface area (Å²) >= 11 is 13.8. The number of carbonyl (C=O) groups excluding carboxylic acids is 1. The van der Waals surface area contributed by atoms with Crippen molar-refractivity contribution in [2.24, 2.45) is 4.99 Å². The SMILES string of the molecule is CCOC(=O)C1=C(c2ccccc2)N=c2sc(=Cc3cn(Cc4ccc(Cl)c(Cl)c4)c4ccccc34)c(=O)n2C1c1cc(OC)ccc1OC. The summed E-state index contributed by atoms with van der Waals surface area (Å²) in [4.78, 5) is 34.0. The van der Waals surface area contributed by atoms with Crippen LogP contribution in [0.4, 0.5) is 0 Å². The molecule has 8 nitrogen and oxygen atoms in total. The van der Waals surface area contributed by atoms with E-state index in [1.54, 1.807) is 50.0 Å². The summed E-state index contributed by atoms with van der Waals surface area (Å²) in [6.45, 7) is 2.43. The number of para-hydroxylation sites is 1. The van der Waals surface area contributed by atoms with Crippen LogP contribution in [0, 0.1) is 0 Å². The Bertz CT molecular complexity index is 2480. The predicted molar refractivity (Wildman–Crippen MR) is 198 cm³/mol. The number of benzene rings is 4. The second-order valence-corrected chi connectivity index (χ2v) is 13.3. The molecule has 11 heteroatoms. The largest absolute Gasteiger partial charge is 0.497 e. The fourth-order valence-electron chi connectivity index (χ4n) is 6.28. The van der Waals surface area contributed by atoms with Gasteiger partial charge in [-0.2, -0.15) is 0 Å². The third-order valence-electron chi connectivity index (χ3n) is 8.55. The van der Waals surface area contributed by atoms with Gasteiger partial charge in [-0.05, 0) is 55.0 Å². The van der Waals surface area contributed by atoms with Crippen LogP contribution in [0.2, 0.25) is 10.0 Å². The molecule has 0 amide bonds. The van der Waals surface area contributed by atoms with Gasteiger partial charge in [-0.15, -0.1) is 0 Å². The average Bonchev–Trinajstić information content (AvgIpc) is 3.64. The smallest absolute Gasteiger partial charge is 0.338 e. The number of hydrogen-bond donors (Lipinski definition) is 0. The van der Waals surface area contributed by atoms with Crippen LogP contribution in [0.15, 0.2) is 113 Å². The maximum Gasteiger partial charge on any atom is 0.338 e. The van der Waals surface area contributed by atoms with Gasteiger partial charge in [-0.3, -0.25) is 9.36 Å². The third-order valence-corrected chi connectivity index (χ3v) is 10.3. The highest BCUT2D eigenvalue weighted by Gasteiger charge is 2.37. The number of carbonyl (C=O) groups is 1. The van der Waals surface area contributed by atoms with Crippen LogP contribution in [0.3, 0.4) is 0 Å². The maximum absolute atomic E-state index is 14.6. The number of rotatable bonds is 9. The molecule has 1 aliphatic rings. The van der Waals surface area contributed by atoms with Crippen molar-refractivity contribution < 1.29 is 19.0 Å². The molecule has 0 aliphatic carbocycles. The summed E-state index contributed by atoms with van der Waals surface area (Å²) in [6, 6.07) is 27.4. The third kappa shape index (κ3) is 6.13. The first-order chi connectivity index (χ1) is 24.3. The Labute approximate surface area is 301 Å².